The van der Waals surface area contributed by atoms with Crippen LogP contribution in [0.2, 0.25) is 18.1 Å². The van der Waals surface area contributed by atoms with Crippen molar-refractivity contribution in [3.05, 3.63) is 0 Å². The van der Waals surface area contributed by atoms with E-state index in [0.29, 0.717) is 6.42 Å². The Morgan fingerprint density at radius 2 is 1.33 bits per heavy atom. The number of unbranched alkanes of at least 4 members (excludes halogenated alkanes) is 8. The Kier molecular flexibility index (Phi) is 13.4. The van der Waals surface area contributed by atoms with E-state index in [2.05, 4.69) is 40.8 Å². The van der Waals surface area contributed by atoms with Crippen LogP contribution in [0, 0.1) is 0 Å². The molecule has 0 rings (SSSR count). The fourth-order valence-electron chi connectivity index (χ4n) is 2.87. The Bertz CT molecular complexity index is 469. The van der Waals surface area contributed by atoms with Gasteiger partial charge in [0.1, 0.15) is 0 Å². The molecule has 0 saturated carbocycles. The smallest absolute Gasteiger partial charge is 0.264 e. The average Bonchev–Trinajstić information content (AvgIpc) is 2.50. The Morgan fingerprint density at radius 1 is 0.852 bits per heavy atom. The van der Waals surface area contributed by atoms with Gasteiger partial charge >= 0.3 is 0 Å². The molecule has 0 saturated heterocycles. The van der Waals surface area contributed by atoms with E-state index in [1.807, 2.05) is 0 Å². The van der Waals surface area contributed by atoms with Crippen molar-refractivity contribution in [3.8, 4) is 0 Å². The minimum Gasteiger partial charge on any atom is -0.414 e. The normalized spacial score (nSPS) is 14.5. The molecule has 0 aliphatic carbocycles. The highest BCUT2D eigenvalue weighted by molar-refractivity contribution is 7.85. The molecule has 0 aromatic rings. The van der Waals surface area contributed by atoms with Gasteiger partial charge in [0.05, 0.1) is 12.9 Å². The summed E-state index contributed by atoms with van der Waals surface area (Å²) in [6.07, 6.45) is 14.6. The topological polar surface area (TPSA) is 52.6 Å². The molecule has 0 aromatic carbocycles. The van der Waals surface area contributed by atoms with E-state index >= 15 is 0 Å². The summed E-state index contributed by atoms with van der Waals surface area (Å²) in [6.45, 7) is 13.7. The van der Waals surface area contributed by atoms with Crippen LogP contribution in [0.5, 0.6) is 0 Å². The summed E-state index contributed by atoms with van der Waals surface area (Å²) in [6, 6.07) is 0. The summed E-state index contributed by atoms with van der Waals surface area (Å²) in [4.78, 5) is 0. The van der Waals surface area contributed by atoms with Crippen LogP contribution in [-0.4, -0.2) is 35.7 Å². The third-order valence-electron chi connectivity index (χ3n) is 5.63. The van der Waals surface area contributed by atoms with E-state index in [1.54, 1.807) is 0 Å². The highest BCUT2D eigenvalue weighted by Gasteiger charge is 2.38. The van der Waals surface area contributed by atoms with Crippen molar-refractivity contribution in [1.82, 2.24) is 0 Å². The predicted molar refractivity (Wildman–Crippen MR) is 119 cm³/mol. The van der Waals surface area contributed by atoms with Crippen LogP contribution < -0.4 is 0 Å². The molecule has 0 heterocycles. The SMILES string of the molecule is CCCCCCCCCCCC(CCOS(C)(=O)=O)O[Si](C)(C)C(C)(C)C. The minimum atomic E-state index is -3.38. The van der Waals surface area contributed by atoms with Gasteiger partial charge in [0.2, 0.25) is 0 Å². The quantitative estimate of drug-likeness (QED) is 0.158. The highest BCUT2D eigenvalue weighted by Crippen LogP contribution is 2.38. The van der Waals surface area contributed by atoms with Gasteiger partial charge in [-0.25, -0.2) is 0 Å². The fraction of sp³-hybridized carbons (Fsp3) is 1.00. The molecule has 4 nitrogen and oxygen atoms in total. The lowest BCUT2D eigenvalue weighted by atomic mass is 10.0. The molecule has 0 amide bonds. The standard InChI is InChI=1S/C21H46O4SSi/c1-8-9-10-11-12-13-14-15-16-17-20(18-19-24-26(5,22)23)25-27(6,7)21(2,3)4/h20H,8-19H2,1-7H3. The lowest BCUT2D eigenvalue weighted by Crippen LogP contribution is -2.44. The van der Waals surface area contributed by atoms with Gasteiger partial charge in [-0.2, -0.15) is 8.42 Å². The largest absolute Gasteiger partial charge is 0.414 e. The maximum absolute atomic E-state index is 11.2. The van der Waals surface area contributed by atoms with Crippen LogP contribution in [0.15, 0.2) is 0 Å². The Hall–Kier alpha value is 0.0869. The third-order valence-corrected chi connectivity index (χ3v) is 10.8. The van der Waals surface area contributed by atoms with Gasteiger partial charge in [-0.05, 0) is 31.0 Å². The van der Waals surface area contributed by atoms with Crippen molar-refractivity contribution >= 4 is 18.4 Å². The molecular formula is C21H46O4SSi. The molecule has 0 bridgehead atoms. The Balaban J connectivity index is 4.30. The molecule has 0 radical (unpaired) electrons. The summed E-state index contributed by atoms with van der Waals surface area (Å²) < 4.78 is 34.0. The molecule has 27 heavy (non-hydrogen) atoms. The maximum atomic E-state index is 11.2. The second-order valence-corrected chi connectivity index (χ2v) is 15.8. The van der Waals surface area contributed by atoms with Gasteiger partial charge in [0.25, 0.3) is 10.1 Å². The van der Waals surface area contributed by atoms with Crippen LogP contribution in [0.25, 0.3) is 0 Å². The predicted octanol–water partition coefficient (Wildman–Crippen LogP) is 6.66. The first-order valence-corrected chi connectivity index (χ1v) is 15.6. The minimum absolute atomic E-state index is 0.0946. The summed E-state index contributed by atoms with van der Waals surface area (Å²) >= 11 is 0. The zero-order valence-corrected chi connectivity index (χ0v) is 20.9. The highest BCUT2D eigenvalue weighted by atomic mass is 32.2. The summed E-state index contributed by atoms with van der Waals surface area (Å²) in [7, 11) is -5.24. The Labute approximate surface area is 171 Å². The van der Waals surface area contributed by atoms with Gasteiger partial charge in [-0.3, -0.25) is 4.18 Å². The molecular weight excluding hydrogens is 376 g/mol. The maximum Gasteiger partial charge on any atom is 0.264 e. The number of hydrogen-bond acceptors (Lipinski definition) is 4. The lowest BCUT2D eigenvalue weighted by Gasteiger charge is -2.39. The van der Waals surface area contributed by atoms with Crippen molar-refractivity contribution in [2.24, 2.45) is 0 Å². The van der Waals surface area contributed by atoms with E-state index < -0.39 is 18.4 Å². The summed E-state index contributed by atoms with van der Waals surface area (Å²) in [5, 5.41) is 0.154. The van der Waals surface area contributed by atoms with Crippen LogP contribution >= 0.6 is 0 Å². The molecule has 6 heteroatoms. The number of hydrogen-bond donors (Lipinski definition) is 0. The summed E-state index contributed by atoms with van der Waals surface area (Å²) in [5.74, 6) is 0. The monoisotopic (exact) mass is 422 g/mol. The van der Waals surface area contributed by atoms with E-state index in [4.69, 9.17) is 8.61 Å². The van der Waals surface area contributed by atoms with E-state index in [9.17, 15) is 8.42 Å². The first kappa shape index (κ1) is 27.1. The zero-order valence-electron chi connectivity index (χ0n) is 19.1. The van der Waals surface area contributed by atoms with Gasteiger partial charge in [-0.15, -0.1) is 0 Å². The van der Waals surface area contributed by atoms with Crippen LogP contribution in [-0.2, 0) is 18.7 Å². The fourth-order valence-corrected chi connectivity index (χ4v) is 4.69. The van der Waals surface area contributed by atoms with E-state index in [0.717, 1.165) is 19.1 Å². The van der Waals surface area contributed by atoms with E-state index in [-0.39, 0.29) is 17.7 Å². The van der Waals surface area contributed by atoms with Crippen molar-refractivity contribution < 1.29 is 17.0 Å². The second kappa shape index (κ2) is 13.3. The van der Waals surface area contributed by atoms with Gasteiger partial charge in [0, 0.05) is 6.10 Å². The lowest BCUT2D eigenvalue weighted by molar-refractivity contribution is 0.136. The van der Waals surface area contributed by atoms with Crippen LogP contribution in [0.3, 0.4) is 0 Å². The average molecular weight is 423 g/mol. The van der Waals surface area contributed by atoms with Crippen LogP contribution in [0.1, 0.15) is 98.3 Å². The molecule has 1 atom stereocenters. The number of rotatable bonds is 16. The van der Waals surface area contributed by atoms with Gasteiger partial charge in [-0.1, -0.05) is 85.5 Å². The molecule has 0 aromatic heterocycles. The van der Waals surface area contributed by atoms with Crippen molar-refractivity contribution in [2.45, 2.75) is 123 Å². The zero-order chi connectivity index (χ0) is 21.0. The molecule has 0 aliphatic rings. The first-order chi connectivity index (χ1) is 12.4. The molecule has 0 fully saturated rings. The molecule has 0 spiro atoms. The molecule has 0 N–H and O–H groups in total. The summed E-state index contributed by atoms with van der Waals surface area (Å²) in [5.41, 5.74) is 0. The van der Waals surface area contributed by atoms with Crippen molar-refractivity contribution in [3.63, 3.8) is 0 Å². The Morgan fingerprint density at radius 3 is 1.78 bits per heavy atom. The second-order valence-electron chi connectivity index (χ2n) is 9.43. The van der Waals surface area contributed by atoms with Crippen LogP contribution in [0.4, 0.5) is 0 Å². The first-order valence-electron chi connectivity index (χ1n) is 10.9. The molecule has 1 unspecified atom stereocenters. The van der Waals surface area contributed by atoms with Crippen molar-refractivity contribution in [2.75, 3.05) is 12.9 Å². The van der Waals surface area contributed by atoms with Gasteiger partial charge in [0.15, 0.2) is 8.32 Å². The van der Waals surface area contributed by atoms with Crippen molar-refractivity contribution in [1.29, 1.82) is 0 Å². The molecule has 164 valence electrons. The van der Waals surface area contributed by atoms with E-state index in [1.165, 1.54) is 51.4 Å². The molecule has 0 aliphatic heterocycles. The van der Waals surface area contributed by atoms with Gasteiger partial charge < -0.3 is 4.43 Å². The third kappa shape index (κ3) is 14.7.